The van der Waals surface area contributed by atoms with Crippen molar-refractivity contribution in [1.29, 1.82) is 0 Å². The minimum atomic E-state index is -0.326. The minimum absolute atomic E-state index is 0. The molecule has 2 N–H and O–H groups in total. The topological polar surface area (TPSA) is 44.0 Å². The summed E-state index contributed by atoms with van der Waals surface area (Å²) in [6, 6.07) is 30.7. The van der Waals surface area contributed by atoms with Crippen LogP contribution >= 0.6 is 37.2 Å². The molecule has 0 aliphatic carbocycles. The normalized spacial score (nSPS) is 15.1. The van der Waals surface area contributed by atoms with Gasteiger partial charge >= 0.3 is 0 Å². The van der Waals surface area contributed by atoms with Gasteiger partial charge in [-0.15, -0.1) is 37.2 Å². The highest BCUT2D eigenvalue weighted by Crippen LogP contribution is 2.51. The first-order valence-corrected chi connectivity index (χ1v) is 13.2. The molecule has 0 bridgehead atoms. The maximum Gasteiger partial charge on any atom is 0.137 e. The van der Waals surface area contributed by atoms with Gasteiger partial charge in [-0.3, -0.25) is 4.90 Å². The Morgan fingerprint density at radius 2 is 1.33 bits per heavy atom. The molecule has 1 saturated heterocycles. The number of benzene rings is 3. The van der Waals surface area contributed by atoms with Crippen LogP contribution in [0.2, 0.25) is 0 Å². The van der Waals surface area contributed by atoms with Crippen molar-refractivity contribution in [1.82, 2.24) is 20.2 Å². The summed E-state index contributed by atoms with van der Waals surface area (Å²) < 4.78 is 0. The van der Waals surface area contributed by atoms with Crippen LogP contribution in [0, 0.1) is 19.8 Å². The standard InChI is InChI=1S/C32H38N4.3ClH/c1-23(2)32(36-20-18-33-19-21-36,29(26-13-7-5-8-14-26)27-15-9-6-10-16-27)30-25(4)34-31(35-30)28-17-11-12-24(3)22-28;;;/h5-17,22-23,29,33H,18-21H2,1-4H3,(H,34,35);3*1H. The summed E-state index contributed by atoms with van der Waals surface area (Å²) in [5.41, 5.74) is 7.02. The minimum Gasteiger partial charge on any atom is -0.342 e. The molecule has 1 unspecified atom stereocenters. The van der Waals surface area contributed by atoms with Gasteiger partial charge in [0.2, 0.25) is 0 Å². The Balaban J connectivity index is 0.00000178. The van der Waals surface area contributed by atoms with Crippen LogP contribution in [0.15, 0.2) is 84.9 Å². The van der Waals surface area contributed by atoms with Gasteiger partial charge in [-0.25, -0.2) is 4.98 Å². The third-order valence-electron chi connectivity index (χ3n) is 7.78. The van der Waals surface area contributed by atoms with Gasteiger partial charge in [-0.2, -0.15) is 0 Å². The van der Waals surface area contributed by atoms with Crippen molar-refractivity contribution in [2.45, 2.75) is 39.2 Å². The van der Waals surface area contributed by atoms with Gasteiger partial charge in [0.25, 0.3) is 0 Å². The molecule has 7 heteroatoms. The number of halogens is 3. The lowest BCUT2D eigenvalue weighted by Gasteiger charge is -2.53. The predicted molar refractivity (Wildman–Crippen MR) is 171 cm³/mol. The van der Waals surface area contributed by atoms with E-state index in [0.29, 0.717) is 5.92 Å². The summed E-state index contributed by atoms with van der Waals surface area (Å²) in [6.07, 6.45) is 0. The van der Waals surface area contributed by atoms with Gasteiger partial charge in [0.15, 0.2) is 0 Å². The van der Waals surface area contributed by atoms with Crippen molar-refractivity contribution in [2.75, 3.05) is 26.2 Å². The fourth-order valence-corrected chi connectivity index (χ4v) is 6.25. The highest BCUT2D eigenvalue weighted by atomic mass is 35.5. The number of nitrogens with one attached hydrogen (secondary N) is 2. The SMILES string of the molecule is Cc1cccc(-c2nc(C(C(C)C)(C(c3ccccc3)c3ccccc3)N3CCNCC3)c(C)[nH]2)c1.Cl.Cl.Cl. The van der Waals surface area contributed by atoms with Gasteiger partial charge in [0.05, 0.1) is 11.2 Å². The zero-order valence-corrected chi connectivity index (χ0v) is 25.6. The van der Waals surface area contributed by atoms with Crippen LogP contribution in [0.5, 0.6) is 0 Å². The van der Waals surface area contributed by atoms with E-state index in [4.69, 9.17) is 4.98 Å². The Bertz CT molecular complexity index is 1250. The number of hydrogen-bond acceptors (Lipinski definition) is 3. The number of rotatable bonds is 7. The molecule has 0 radical (unpaired) electrons. The van der Waals surface area contributed by atoms with Crippen LogP contribution < -0.4 is 5.32 Å². The van der Waals surface area contributed by atoms with Gasteiger partial charge in [-0.05, 0) is 37.0 Å². The number of hydrogen-bond donors (Lipinski definition) is 2. The van der Waals surface area contributed by atoms with E-state index in [9.17, 15) is 0 Å². The van der Waals surface area contributed by atoms with Crippen molar-refractivity contribution < 1.29 is 0 Å². The fraction of sp³-hybridized carbons (Fsp3) is 0.344. The molecule has 3 aromatic carbocycles. The molecule has 0 saturated carbocycles. The lowest BCUT2D eigenvalue weighted by molar-refractivity contribution is 0.0108. The number of imidazole rings is 1. The number of H-pyrrole nitrogens is 1. The molecular weight excluding hydrogens is 547 g/mol. The summed E-state index contributed by atoms with van der Waals surface area (Å²) in [7, 11) is 0. The Morgan fingerprint density at radius 1 is 0.769 bits per heavy atom. The van der Waals surface area contributed by atoms with Crippen LogP contribution in [0.3, 0.4) is 0 Å². The Hall–Kier alpha value is -2.34. The lowest BCUT2D eigenvalue weighted by Crippen LogP contribution is -2.60. The molecule has 210 valence electrons. The van der Waals surface area contributed by atoms with Gasteiger partial charge in [-0.1, -0.05) is 98.3 Å². The number of aryl methyl sites for hydroxylation is 2. The van der Waals surface area contributed by atoms with E-state index in [0.717, 1.165) is 49.0 Å². The van der Waals surface area contributed by atoms with Gasteiger partial charge in [0, 0.05) is 43.4 Å². The zero-order chi connectivity index (χ0) is 25.1. The maximum atomic E-state index is 5.44. The lowest BCUT2D eigenvalue weighted by atomic mass is 9.65. The second-order valence-corrected chi connectivity index (χ2v) is 10.4. The molecule has 4 aromatic rings. The van der Waals surface area contributed by atoms with Crippen molar-refractivity contribution in [3.8, 4) is 11.4 Å². The van der Waals surface area contributed by atoms with E-state index < -0.39 is 0 Å². The maximum absolute atomic E-state index is 5.44. The summed E-state index contributed by atoms with van der Waals surface area (Å²) in [5, 5.41) is 3.58. The average molecular weight is 588 g/mol. The largest absolute Gasteiger partial charge is 0.342 e. The molecule has 1 fully saturated rings. The molecule has 0 amide bonds. The Morgan fingerprint density at radius 3 is 1.85 bits per heavy atom. The molecule has 2 heterocycles. The molecule has 1 aliphatic rings. The molecule has 39 heavy (non-hydrogen) atoms. The Kier molecular flexibility index (Phi) is 12.1. The van der Waals surface area contributed by atoms with E-state index in [1.807, 2.05) is 0 Å². The second kappa shape index (κ2) is 14.3. The van der Waals surface area contributed by atoms with Crippen molar-refractivity contribution >= 4 is 37.2 Å². The summed E-state index contributed by atoms with van der Waals surface area (Å²) in [5.74, 6) is 1.39. The third-order valence-corrected chi connectivity index (χ3v) is 7.78. The molecule has 1 aliphatic heterocycles. The molecule has 1 atom stereocenters. The van der Waals surface area contributed by atoms with E-state index in [-0.39, 0.29) is 48.7 Å². The smallest absolute Gasteiger partial charge is 0.137 e. The van der Waals surface area contributed by atoms with E-state index >= 15 is 0 Å². The number of nitrogens with zero attached hydrogens (tertiary/aromatic N) is 2. The first-order chi connectivity index (χ1) is 17.5. The summed E-state index contributed by atoms with van der Waals surface area (Å²) in [6.45, 7) is 13.0. The fourth-order valence-electron chi connectivity index (χ4n) is 6.25. The average Bonchev–Trinajstić information content (AvgIpc) is 3.30. The van der Waals surface area contributed by atoms with Crippen LogP contribution in [-0.2, 0) is 5.54 Å². The summed E-state index contributed by atoms with van der Waals surface area (Å²) in [4.78, 5) is 11.8. The number of aromatic nitrogens is 2. The van der Waals surface area contributed by atoms with Gasteiger partial charge < -0.3 is 10.3 Å². The molecule has 5 rings (SSSR count). The van der Waals surface area contributed by atoms with E-state index in [2.05, 4.69) is 128 Å². The third kappa shape index (κ3) is 6.37. The van der Waals surface area contributed by atoms with Crippen LogP contribution in [0.4, 0.5) is 0 Å². The van der Waals surface area contributed by atoms with E-state index in [1.54, 1.807) is 0 Å². The van der Waals surface area contributed by atoms with Crippen molar-refractivity contribution in [3.63, 3.8) is 0 Å². The van der Waals surface area contributed by atoms with Crippen molar-refractivity contribution in [2.24, 2.45) is 5.92 Å². The number of aromatic amines is 1. The highest BCUT2D eigenvalue weighted by Gasteiger charge is 2.51. The predicted octanol–water partition coefficient (Wildman–Crippen LogP) is 7.55. The zero-order valence-electron chi connectivity index (χ0n) is 23.2. The number of piperazine rings is 1. The Labute approximate surface area is 252 Å². The molecule has 0 spiro atoms. The van der Waals surface area contributed by atoms with Gasteiger partial charge in [0.1, 0.15) is 5.82 Å². The first kappa shape index (κ1) is 32.9. The summed E-state index contributed by atoms with van der Waals surface area (Å²) >= 11 is 0. The quantitative estimate of drug-likeness (QED) is 0.235. The molecule has 4 nitrogen and oxygen atoms in total. The van der Waals surface area contributed by atoms with Crippen LogP contribution in [-0.4, -0.2) is 41.0 Å². The second-order valence-electron chi connectivity index (χ2n) is 10.4. The molecular formula is C32H41Cl3N4. The first-order valence-electron chi connectivity index (χ1n) is 13.2. The monoisotopic (exact) mass is 586 g/mol. The van der Waals surface area contributed by atoms with Crippen molar-refractivity contribution in [3.05, 3.63) is 113 Å². The van der Waals surface area contributed by atoms with E-state index in [1.165, 1.54) is 16.7 Å². The van der Waals surface area contributed by atoms with Crippen LogP contribution in [0.25, 0.3) is 11.4 Å². The van der Waals surface area contributed by atoms with Crippen LogP contribution in [0.1, 0.15) is 47.8 Å². The molecule has 1 aromatic heterocycles. The highest BCUT2D eigenvalue weighted by molar-refractivity contribution is 5.86.